The lowest BCUT2D eigenvalue weighted by Gasteiger charge is -2.47. The summed E-state index contributed by atoms with van der Waals surface area (Å²) in [4.78, 5) is 24.5. The highest BCUT2D eigenvalue weighted by Gasteiger charge is 2.52. The van der Waals surface area contributed by atoms with Gasteiger partial charge in [0.1, 0.15) is 0 Å². The molecule has 0 aromatic heterocycles. The van der Waals surface area contributed by atoms with Crippen LogP contribution in [0.25, 0.3) is 0 Å². The summed E-state index contributed by atoms with van der Waals surface area (Å²) in [5, 5.41) is 0. The van der Waals surface area contributed by atoms with Crippen LogP contribution in [0.1, 0.15) is 127 Å². The molecule has 0 radical (unpaired) electrons. The third-order valence-electron chi connectivity index (χ3n) is 6.45. The van der Waals surface area contributed by atoms with Gasteiger partial charge in [-0.2, -0.15) is 9.78 Å². The first kappa shape index (κ1) is 26.9. The average Bonchev–Trinajstić information content (AvgIpc) is 2.61. The zero-order valence-electron chi connectivity index (χ0n) is 20.9. The van der Waals surface area contributed by atoms with E-state index in [1.165, 1.54) is 25.7 Å². The van der Waals surface area contributed by atoms with Crippen molar-refractivity contribution < 1.29 is 19.6 Å². The SMILES string of the molecule is CCCCCC(C)(C)OOC1(OOC(C)(C)CCCCC)C(C)CC(C)CC1C. The second-order valence-electron chi connectivity index (χ2n) is 10.9. The van der Waals surface area contributed by atoms with Crippen LogP contribution in [-0.4, -0.2) is 17.0 Å². The van der Waals surface area contributed by atoms with Crippen LogP contribution in [0, 0.1) is 17.8 Å². The molecule has 4 nitrogen and oxygen atoms in total. The maximum Gasteiger partial charge on any atom is 0.239 e. The minimum Gasteiger partial charge on any atom is -0.228 e. The number of unbranched alkanes of at least 4 members (excludes halogenated alkanes) is 4. The number of hydrogen-bond acceptors (Lipinski definition) is 4. The second kappa shape index (κ2) is 12.0. The van der Waals surface area contributed by atoms with Gasteiger partial charge in [-0.1, -0.05) is 73.1 Å². The van der Waals surface area contributed by atoms with Crippen LogP contribution in [0.5, 0.6) is 0 Å². The van der Waals surface area contributed by atoms with Crippen LogP contribution in [0.3, 0.4) is 0 Å². The topological polar surface area (TPSA) is 36.9 Å². The van der Waals surface area contributed by atoms with Gasteiger partial charge in [0.05, 0.1) is 11.2 Å². The van der Waals surface area contributed by atoms with E-state index in [9.17, 15) is 0 Å². The molecule has 0 aromatic rings. The van der Waals surface area contributed by atoms with Crippen LogP contribution in [0.4, 0.5) is 0 Å². The molecule has 0 bridgehead atoms. The fourth-order valence-corrected chi connectivity index (χ4v) is 4.50. The van der Waals surface area contributed by atoms with E-state index in [0.29, 0.717) is 5.92 Å². The van der Waals surface area contributed by atoms with E-state index < -0.39 is 5.79 Å². The molecule has 0 aliphatic heterocycles. The molecule has 2 atom stereocenters. The van der Waals surface area contributed by atoms with Crippen molar-refractivity contribution >= 4 is 0 Å². The van der Waals surface area contributed by atoms with Gasteiger partial charge in [0, 0.05) is 11.8 Å². The van der Waals surface area contributed by atoms with E-state index in [-0.39, 0.29) is 23.0 Å². The molecule has 1 saturated carbocycles. The molecular weight excluding hydrogens is 364 g/mol. The first-order valence-corrected chi connectivity index (χ1v) is 12.2. The number of rotatable bonds is 14. The molecule has 174 valence electrons. The fraction of sp³-hybridized carbons (Fsp3) is 1.00. The minimum absolute atomic E-state index is 0.194. The van der Waals surface area contributed by atoms with Crippen molar-refractivity contribution in [2.24, 2.45) is 17.8 Å². The summed E-state index contributed by atoms with van der Waals surface area (Å²) < 4.78 is 0. The van der Waals surface area contributed by atoms with Crippen molar-refractivity contribution in [3.63, 3.8) is 0 Å². The summed E-state index contributed by atoms with van der Waals surface area (Å²) >= 11 is 0. The van der Waals surface area contributed by atoms with Crippen LogP contribution >= 0.6 is 0 Å². The summed E-state index contributed by atoms with van der Waals surface area (Å²) in [6.07, 6.45) is 11.2. The highest BCUT2D eigenvalue weighted by atomic mass is 17.3. The molecule has 29 heavy (non-hydrogen) atoms. The maximum atomic E-state index is 6.21. The fourth-order valence-electron chi connectivity index (χ4n) is 4.50. The number of hydrogen-bond donors (Lipinski definition) is 0. The van der Waals surface area contributed by atoms with Gasteiger partial charge in [-0.05, 0) is 59.3 Å². The zero-order chi connectivity index (χ0) is 22.1. The third kappa shape index (κ3) is 8.85. The molecule has 1 fully saturated rings. The van der Waals surface area contributed by atoms with E-state index in [0.717, 1.165) is 38.5 Å². The zero-order valence-corrected chi connectivity index (χ0v) is 20.9. The van der Waals surface area contributed by atoms with E-state index in [4.69, 9.17) is 19.6 Å². The summed E-state index contributed by atoms with van der Waals surface area (Å²) in [7, 11) is 0. The third-order valence-corrected chi connectivity index (χ3v) is 6.45. The quantitative estimate of drug-likeness (QED) is 0.125. The van der Waals surface area contributed by atoms with Crippen LogP contribution in [0.2, 0.25) is 0 Å². The van der Waals surface area contributed by atoms with Crippen LogP contribution in [0.15, 0.2) is 0 Å². The van der Waals surface area contributed by atoms with E-state index >= 15 is 0 Å². The van der Waals surface area contributed by atoms with E-state index in [1.54, 1.807) is 0 Å². The van der Waals surface area contributed by atoms with Crippen molar-refractivity contribution in [3.05, 3.63) is 0 Å². The Balaban J connectivity index is 2.85. The second-order valence-corrected chi connectivity index (χ2v) is 10.9. The maximum absolute atomic E-state index is 6.21. The molecule has 1 aliphatic carbocycles. The predicted molar refractivity (Wildman–Crippen MR) is 120 cm³/mol. The molecule has 0 aromatic carbocycles. The summed E-state index contributed by atoms with van der Waals surface area (Å²) in [5.41, 5.74) is -0.685. The highest BCUT2D eigenvalue weighted by molar-refractivity contribution is 4.88. The van der Waals surface area contributed by atoms with Crippen molar-refractivity contribution in [1.29, 1.82) is 0 Å². The first-order chi connectivity index (χ1) is 13.5. The molecule has 0 N–H and O–H groups in total. The Morgan fingerprint density at radius 2 is 1.07 bits per heavy atom. The van der Waals surface area contributed by atoms with Gasteiger partial charge in [-0.15, -0.1) is 0 Å². The first-order valence-electron chi connectivity index (χ1n) is 12.2. The Kier molecular flexibility index (Phi) is 11.1. The standard InChI is InChI=1S/C25H50O4/c1-10-12-14-16-23(6,7)26-28-25(21(4)18-20(3)19-22(25)5)29-27-24(8,9)17-15-13-11-2/h20-22H,10-19H2,1-9H3. The smallest absolute Gasteiger partial charge is 0.228 e. The van der Waals surface area contributed by atoms with Crippen molar-refractivity contribution in [2.75, 3.05) is 0 Å². The molecule has 2 unspecified atom stereocenters. The van der Waals surface area contributed by atoms with Gasteiger partial charge >= 0.3 is 0 Å². The molecule has 1 rings (SSSR count). The lowest BCUT2D eigenvalue weighted by atomic mass is 9.73. The van der Waals surface area contributed by atoms with Gasteiger partial charge in [0.2, 0.25) is 5.79 Å². The predicted octanol–water partition coefficient (Wildman–Crippen LogP) is 8.00. The van der Waals surface area contributed by atoms with Gasteiger partial charge in [0.15, 0.2) is 0 Å². The van der Waals surface area contributed by atoms with Crippen molar-refractivity contribution in [1.82, 2.24) is 0 Å². The molecule has 4 heteroatoms. The average molecular weight is 415 g/mol. The van der Waals surface area contributed by atoms with Crippen molar-refractivity contribution in [2.45, 2.75) is 144 Å². The van der Waals surface area contributed by atoms with Crippen LogP contribution < -0.4 is 0 Å². The van der Waals surface area contributed by atoms with E-state index in [1.807, 2.05) is 0 Å². The summed E-state index contributed by atoms with van der Waals surface area (Å²) in [6, 6.07) is 0. The highest BCUT2D eigenvalue weighted by Crippen LogP contribution is 2.46. The van der Waals surface area contributed by atoms with Gasteiger partial charge in [0.25, 0.3) is 0 Å². The minimum atomic E-state index is -0.865. The van der Waals surface area contributed by atoms with Crippen LogP contribution in [-0.2, 0) is 19.6 Å². The molecule has 1 aliphatic rings. The molecule has 0 saturated heterocycles. The van der Waals surface area contributed by atoms with Crippen molar-refractivity contribution in [3.8, 4) is 0 Å². The summed E-state index contributed by atoms with van der Waals surface area (Å²) in [5.74, 6) is 0.171. The Morgan fingerprint density at radius 3 is 1.41 bits per heavy atom. The normalized spacial score (nSPS) is 25.3. The molecular formula is C25H50O4. The Hall–Kier alpha value is -0.160. The Morgan fingerprint density at radius 1 is 0.690 bits per heavy atom. The van der Waals surface area contributed by atoms with Gasteiger partial charge < -0.3 is 0 Å². The monoisotopic (exact) mass is 414 g/mol. The van der Waals surface area contributed by atoms with Gasteiger partial charge in [-0.25, -0.2) is 9.78 Å². The van der Waals surface area contributed by atoms with Gasteiger partial charge in [-0.3, -0.25) is 0 Å². The largest absolute Gasteiger partial charge is 0.239 e. The Labute approximate surface area is 181 Å². The van der Waals surface area contributed by atoms with E-state index in [2.05, 4.69) is 62.3 Å². The summed E-state index contributed by atoms with van der Waals surface area (Å²) in [6.45, 7) is 19.6. The molecule has 0 heterocycles. The molecule has 0 spiro atoms. The molecule has 0 amide bonds. The Bertz CT molecular complexity index is 406. The lowest BCUT2D eigenvalue weighted by molar-refractivity contribution is -0.567. The lowest BCUT2D eigenvalue weighted by Crippen LogP contribution is -2.54.